The second-order valence-electron chi connectivity index (χ2n) is 4.20. The molecule has 0 aromatic heterocycles. The zero-order valence-corrected chi connectivity index (χ0v) is 10.1. The number of anilines is 2. The van der Waals surface area contributed by atoms with E-state index in [1.54, 1.807) is 0 Å². The molecule has 0 unspecified atom stereocenters. The Morgan fingerprint density at radius 1 is 1.12 bits per heavy atom. The monoisotopic (exact) mass is 221 g/mol. The average molecular weight is 221 g/mol. The molecule has 5 N–H and O–H groups in total. The van der Waals surface area contributed by atoms with Crippen molar-refractivity contribution >= 4 is 11.4 Å². The molecule has 0 heterocycles. The number of rotatable bonds is 7. The van der Waals surface area contributed by atoms with Gasteiger partial charge in [0.25, 0.3) is 0 Å². The third-order valence-electron chi connectivity index (χ3n) is 2.70. The Morgan fingerprint density at radius 3 is 2.56 bits per heavy atom. The molecular formula is C13H23N3. The van der Waals surface area contributed by atoms with Gasteiger partial charge >= 0.3 is 0 Å². The van der Waals surface area contributed by atoms with Crippen LogP contribution in [0.4, 0.5) is 11.4 Å². The van der Waals surface area contributed by atoms with Crippen LogP contribution >= 0.6 is 0 Å². The lowest BCUT2D eigenvalue weighted by atomic mass is 10.1. The molecule has 0 aliphatic heterocycles. The van der Waals surface area contributed by atoms with Gasteiger partial charge in [0.15, 0.2) is 0 Å². The molecule has 0 bridgehead atoms. The highest BCUT2D eigenvalue weighted by Crippen LogP contribution is 2.17. The van der Waals surface area contributed by atoms with Gasteiger partial charge in [0.2, 0.25) is 0 Å². The van der Waals surface area contributed by atoms with Crippen LogP contribution in [-0.4, -0.2) is 13.1 Å². The summed E-state index contributed by atoms with van der Waals surface area (Å²) in [5.41, 5.74) is 14.4. The van der Waals surface area contributed by atoms with Gasteiger partial charge in [-0.05, 0) is 50.1 Å². The van der Waals surface area contributed by atoms with E-state index in [0.717, 1.165) is 25.2 Å². The van der Waals surface area contributed by atoms with Crippen molar-refractivity contribution in [1.82, 2.24) is 0 Å². The van der Waals surface area contributed by atoms with Crippen LogP contribution in [0.15, 0.2) is 18.2 Å². The summed E-state index contributed by atoms with van der Waals surface area (Å²) < 4.78 is 0. The van der Waals surface area contributed by atoms with Gasteiger partial charge in [-0.25, -0.2) is 0 Å². The minimum atomic E-state index is 0.810. The summed E-state index contributed by atoms with van der Waals surface area (Å²) in [4.78, 5) is 0. The number of aryl methyl sites for hydroxylation is 1. The number of nitrogen functional groups attached to an aromatic ring is 1. The zero-order chi connectivity index (χ0) is 11.8. The molecule has 0 fully saturated rings. The summed E-state index contributed by atoms with van der Waals surface area (Å²) in [6, 6.07) is 5.98. The lowest BCUT2D eigenvalue weighted by Crippen LogP contribution is -2.04. The molecule has 3 heteroatoms. The van der Waals surface area contributed by atoms with Crippen molar-refractivity contribution < 1.29 is 0 Å². The lowest BCUT2D eigenvalue weighted by molar-refractivity contribution is 0.661. The molecule has 0 aliphatic carbocycles. The summed E-state index contributed by atoms with van der Waals surface area (Å²) in [6.45, 7) is 3.91. The average Bonchev–Trinajstić information content (AvgIpc) is 2.26. The Labute approximate surface area is 98.2 Å². The predicted molar refractivity (Wildman–Crippen MR) is 71.6 cm³/mol. The van der Waals surface area contributed by atoms with Crippen LogP contribution in [0.2, 0.25) is 0 Å². The van der Waals surface area contributed by atoms with Crippen LogP contribution in [0.5, 0.6) is 0 Å². The number of benzene rings is 1. The first-order valence-electron chi connectivity index (χ1n) is 6.04. The number of hydrogen-bond acceptors (Lipinski definition) is 3. The first kappa shape index (κ1) is 12.8. The standard InChI is InChI=1S/C13H23N3/c1-11-10-12(15)6-7-13(11)16-9-5-3-2-4-8-14/h6-7,10,16H,2-5,8-9,14-15H2,1H3. The highest BCUT2D eigenvalue weighted by atomic mass is 14.9. The Kier molecular flexibility index (Phi) is 5.72. The van der Waals surface area contributed by atoms with Crippen molar-refractivity contribution in [3.8, 4) is 0 Å². The molecule has 1 aromatic rings. The highest BCUT2D eigenvalue weighted by molar-refractivity contribution is 5.57. The Balaban J connectivity index is 2.21. The molecular weight excluding hydrogens is 198 g/mol. The molecule has 90 valence electrons. The van der Waals surface area contributed by atoms with E-state index in [4.69, 9.17) is 11.5 Å². The van der Waals surface area contributed by atoms with E-state index < -0.39 is 0 Å². The van der Waals surface area contributed by atoms with E-state index in [0.29, 0.717) is 0 Å². The molecule has 3 nitrogen and oxygen atoms in total. The third-order valence-corrected chi connectivity index (χ3v) is 2.70. The van der Waals surface area contributed by atoms with Crippen molar-refractivity contribution in [2.75, 3.05) is 24.1 Å². The van der Waals surface area contributed by atoms with Gasteiger partial charge in [0.1, 0.15) is 0 Å². The second kappa shape index (κ2) is 7.12. The molecule has 0 atom stereocenters. The summed E-state index contributed by atoms with van der Waals surface area (Å²) >= 11 is 0. The third kappa shape index (κ3) is 4.53. The lowest BCUT2D eigenvalue weighted by Gasteiger charge is -2.09. The summed E-state index contributed by atoms with van der Waals surface area (Å²) in [7, 11) is 0. The van der Waals surface area contributed by atoms with Gasteiger partial charge in [-0.3, -0.25) is 0 Å². The highest BCUT2D eigenvalue weighted by Gasteiger charge is 1.97. The van der Waals surface area contributed by atoms with Crippen LogP contribution in [0, 0.1) is 6.92 Å². The minimum absolute atomic E-state index is 0.810. The zero-order valence-electron chi connectivity index (χ0n) is 10.1. The van der Waals surface area contributed by atoms with Crippen molar-refractivity contribution in [1.29, 1.82) is 0 Å². The van der Waals surface area contributed by atoms with Crippen molar-refractivity contribution in [2.45, 2.75) is 32.6 Å². The van der Waals surface area contributed by atoms with Gasteiger partial charge in [-0.15, -0.1) is 0 Å². The molecule has 1 aromatic carbocycles. The maximum atomic E-state index is 5.70. The fourth-order valence-electron chi connectivity index (χ4n) is 1.73. The summed E-state index contributed by atoms with van der Waals surface area (Å²) in [6.07, 6.45) is 4.82. The maximum absolute atomic E-state index is 5.70. The molecule has 0 aliphatic rings. The fraction of sp³-hybridized carbons (Fsp3) is 0.538. The van der Waals surface area contributed by atoms with Crippen LogP contribution in [0.3, 0.4) is 0 Å². The van der Waals surface area contributed by atoms with E-state index in [9.17, 15) is 0 Å². The smallest absolute Gasteiger partial charge is 0.0371 e. The number of hydrogen-bond donors (Lipinski definition) is 3. The topological polar surface area (TPSA) is 64.1 Å². The number of nitrogens with two attached hydrogens (primary N) is 2. The van der Waals surface area contributed by atoms with Gasteiger partial charge in [0, 0.05) is 17.9 Å². The first-order valence-corrected chi connectivity index (χ1v) is 6.04. The Hall–Kier alpha value is -1.22. The molecule has 16 heavy (non-hydrogen) atoms. The maximum Gasteiger partial charge on any atom is 0.0371 e. The normalized spacial score (nSPS) is 10.4. The van der Waals surface area contributed by atoms with E-state index in [1.807, 2.05) is 18.2 Å². The second-order valence-corrected chi connectivity index (χ2v) is 4.20. The fourth-order valence-corrected chi connectivity index (χ4v) is 1.73. The van der Waals surface area contributed by atoms with Crippen molar-refractivity contribution in [3.05, 3.63) is 23.8 Å². The largest absolute Gasteiger partial charge is 0.399 e. The Morgan fingerprint density at radius 2 is 1.88 bits per heavy atom. The van der Waals surface area contributed by atoms with Crippen LogP contribution in [-0.2, 0) is 0 Å². The molecule has 0 spiro atoms. The molecule has 0 amide bonds. The van der Waals surface area contributed by atoms with Crippen molar-refractivity contribution in [2.24, 2.45) is 5.73 Å². The minimum Gasteiger partial charge on any atom is -0.399 e. The first-order chi connectivity index (χ1) is 7.74. The summed E-state index contributed by atoms with van der Waals surface area (Å²) in [5.74, 6) is 0. The van der Waals surface area contributed by atoms with Gasteiger partial charge in [0.05, 0.1) is 0 Å². The van der Waals surface area contributed by atoms with E-state index in [2.05, 4.69) is 12.2 Å². The summed E-state index contributed by atoms with van der Waals surface area (Å²) in [5, 5.41) is 3.43. The number of unbranched alkanes of at least 4 members (excludes halogenated alkanes) is 3. The molecule has 0 saturated heterocycles. The molecule has 0 radical (unpaired) electrons. The van der Waals surface area contributed by atoms with Gasteiger partial charge in [-0.1, -0.05) is 12.8 Å². The predicted octanol–water partition coefficient (Wildman–Crippen LogP) is 2.51. The van der Waals surface area contributed by atoms with Gasteiger partial charge in [-0.2, -0.15) is 0 Å². The van der Waals surface area contributed by atoms with E-state index >= 15 is 0 Å². The van der Waals surface area contributed by atoms with Crippen LogP contribution in [0.25, 0.3) is 0 Å². The number of nitrogens with one attached hydrogen (secondary N) is 1. The quantitative estimate of drug-likeness (QED) is 0.489. The van der Waals surface area contributed by atoms with Crippen molar-refractivity contribution in [3.63, 3.8) is 0 Å². The van der Waals surface area contributed by atoms with Crippen LogP contribution in [0.1, 0.15) is 31.2 Å². The van der Waals surface area contributed by atoms with Crippen LogP contribution < -0.4 is 16.8 Å². The van der Waals surface area contributed by atoms with E-state index in [1.165, 1.54) is 30.5 Å². The van der Waals surface area contributed by atoms with Gasteiger partial charge < -0.3 is 16.8 Å². The SMILES string of the molecule is Cc1cc(N)ccc1NCCCCCCN. The Bertz CT molecular complexity index is 310. The molecule has 1 rings (SSSR count). The van der Waals surface area contributed by atoms with E-state index in [-0.39, 0.29) is 0 Å². The molecule has 0 saturated carbocycles.